The van der Waals surface area contributed by atoms with Crippen LogP contribution in [0.5, 0.6) is 0 Å². The third kappa shape index (κ3) is 2.03. The predicted octanol–water partition coefficient (Wildman–Crippen LogP) is 1.11. The van der Waals surface area contributed by atoms with Crippen LogP contribution >= 0.6 is 0 Å². The highest BCUT2D eigenvalue weighted by Gasteiger charge is 2.21. The number of hydrogen-bond donors (Lipinski definition) is 2. The number of aliphatic hydroxyl groups excluding tert-OH is 1. The van der Waals surface area contributed by atoms with Crippen LogP contribution < -0.4 is 5.43 Å². The number of rotatable bonds is 3. The molecule has 1 aromatic carbocycles. The van der Waals surface area contributed by atoms with Crippen molar-refractivity contribution in [1.82, 2.24) is 4.57 Å². The van der Waals surface area contributed by atoms with Gasteiger partial charge in [0.1, 0.15) is 5.56 Å². The van der Waals surface area contributed by atoms with Crippen LogP contribution in [-0.4, -0.2) is 27.4 Å². The second-order valence-electron chi connectivity index (χ2n) is 3.98. The molecule has 0 saturated heterocycles. The van der Waals surface area contributed by atoms with Gasteiger partial charge in [-0.25, -0.2) is 18.0 Å². The van der Waals surface area contributed by atoms with Gasteiger partial charge >= 0.3 is 5.97 Å². The van der Waals surface area contributed by atoms with Gasteiger partial charge in [0.25, 0.3) is 0 Å². The minimum Gasteiger partial charge on any atom is -0.477 e. The molecule has 1 heterocycles. The van der Waals surface area contributed by atoms with Crippen molar-refractivity contribution in [3.63, 3.8) is 0 Å². The van der Waals surface area contributed by atoms with Crippen molar-refractivity contribution in [1.29, 1.82) is 0 Å². The smallest absolute Gasteiger partial charge is 0.341 e. The Morgan fingerprint density at radius 3 is 2.45 bits per heavy atom. The number of hydrogen-bond acceptors (Lipinski definition) is 3. The fourth-order valence-corrected chi connectivity index (χ4v) is 1.90. The summed E-state index contributed by atoms with van der Waals surface area (Å²) in [5.74, 6) is -6.56. The Morgan fingerprint density at radius 2 is 1.90 bits per heavy atom. The maximum atomic E-state index is 13.8. The number of aromatic carboxylic acids is 1. The van der Waals surface area contributed by atoms with Crippen LogP contribution in [0.3, 0.4) is 0 Å². The van der Waals surface area contributed by atoms with Crippen molar-refractivity contribution in [2.45, 2.75) is 6.54 Å². The van der Waals surface area contributed by atoms with E-state index in [1.165, 1.54) is 0 Å². The molecule has 0 aliphatic heterocycles. The first-order chi connectivity index (χ1) is 9.38. The molecule has 20 heavy (non-hydrogen) atoms. The van der Waals surface area contributed by atoms with Crippen molar-refractivity contribution in [2.75, 3.05) is 6.61 Å². The average molecular weight is 287 g/mol. The molecule has 2 N–H and O–H groups in total. The summed E-state index contributed by atoms with van der Waals surface area (Å²) in [6.07, 6.45) is 0.781. The fraction of sp³-hybridized carbons (Fsp3) is 0.167. The minimum absolute atomic E-state index is 0.279. The normalized spacial score (nSPS) is 11.0. The summed E-state index contributed by atoms with van der Waals surface area (Å²) in [5.41, 5.74) is -2.44. The number of aliphatic hydroxyl groups is 1. The summed E-state index contributed by atoms with van der Waals surface area (Å²) in [6, 6.07) is 0.441. The first-order valence-electron chi connectivity index (χ1n) is 5.43. The van der Waals surface area contributed by atoms with Crippen molar-refractivity contribution in [2.24, 2.45) is 0 Å². The van der Waals surface area contributed by atoms with E-state index >= 15 is 0 Å². The second kappa shape index (κ2) is 4.97. The maximum Gasteiger partial charge on any atom is 0.341 e. The second-order valence-corrected chi connectivity index (χ2v) is 3.98. The van der Waals surface area contributed by atoms with Gasteiger partial charge in [-0.05, 0) is 6.07 Å². The van der Waals surface area contributed by atoms with E-state index < -0.39 is 51.9 Å². The number of carbonyl (C=O) groups is 1. The Balaban J connectivity index is 3.02. The zero-order chi connectivity index (χ0) is 15.0. The lowest BCUT2D eigenvalue weighted by Gasteiger charge is -2.12. The molecule has 0 spiro atoms. The molecule has 0 radical (unpaired) electrons. The monoisotopic (exact) mass is 287 g/mol. The van der Waals surface area contributed by atoms with Gasteiger partial charge in [0.2, 0.25) is 5.43 Å². The van der Waals surface area contributed by atoms with Gasteiger partial charge in [0.15, 0.2) is 17.5 Å². The lowest BCUT2D eigenvalue weighted by atomic mass is 10.1. The standard InChI is InChI=1S/C12H8F3NO4/c13-7-3-5-10(9(15)8(7)14)16(1-2-17)4-6(11(5)18)12(19)20/h3-4,17H,1-2H2,(H,19,20). The van der Waals surface area contributed by atoms with E-state index in [1.54, 1.807) is 0 Å². The number of nitrogens with zero attached hydrogens (tertiary/aromatic N) is 1. The van der Waals surface area contributed by atoms with E-state index in [4.69, 9.17) is 10.2 Å². The maximum absolute atomic E-state index is 13.8. The molecule has 0 atom stereocenters. The summed E-state index contributed by atoms with van der Waals surface area (Å²) < 4.78 is 41.0. The van der Waals surface area contributed by atoms with E-state index in [0.29, 0.717) is 6.07 Å². The van der Waals surface area contributed by atoms with Crippen LogP contribution in [0.4, 0.5) is 13.2 Å². The molecule has 2 rings (SSSR count). The van der Waals surface area contributed by atoms with Crippen LogP contribution in [0.15, 0.2) is 17.1 Å². The molecule has 8 heteroatoms. The molecule has 0 fully saturated rings. The molecule has 0 aliphatic carbocycles. The summed E-state index contributed by atoms with van der Waals surface area (Å²) in [4.78, 5) is 22.8. The Kier molecular flexibility index (Phi) is 3.49. The van der Waals surface area contributed by atoms with Crippen molar-refractivity contribution in [3.05, 3.63) is 45.5 Å². The van der Waals surface area contributed by atoms with Crippen LogP contribution in [-0.2, 0) is 6.54 Å². The largest absolute Gasteiger partial charge is 0.477 e. The molecule has 0 aliphatic rings. The fourth-order valence-electron chi connectivity index (χ4n) is 1.90. The number of halogens is 3. The average Bonchev–Trinajstić information content (AvgIpc) is 2.39. The van der Waals surface area contributed by atoms with Crippen LogP contribution in [0.1, 0.15) is 10.4 Å². The Morgan fingerprint density at radius 1 is 1.25 bits per heavy atom. The summed E-state index contributed by atoms with van der Waals surface area (Å²) in [5, 5.41) is 17.1. The van der Waals surface area contributed by atoms with Crippen LogP contribution in [0, 0.1) is 17.5 Å². The summed E-state index contributed by atoms with van der Waals surface area (Å²) in [7, 11) is 0. The SMILES string of the molecule is O=C(O)c1cn(CCO)c2c(F)c(F)c(F)cc2c1=O. The molecule has 0 bridgehead atoms. The van der Waals surface area contributed by atoms with Gasteiger partial charge in [-0.1, -0.05) is 0 Å². The zero-order valence-corrected chi connectivity index (χ0v) is 9.86. The highest BCUT2D eigenvalue weighted by molar-refractivity contribution is 5.92. The van der Waals surface area contributed by atoms with E-state index in [-0.39, 0.29) is 6.54 Å². The van der Waals surface area contributed by atoms with Crippen LogP contribution in [0.25, 0.3) is 10.9 Å². The first kappa shape index (κ1) is 14.1. The molecule has 1 aromatic heterocycles. The third-order valence-corrected chi connectivity index (χ3v) is 2.77. The molecule has 0 amide bonds. The molecule has 0 unspecified atom stereocenters. The van der Waals surface area contributed by atoms with Crippen molar-refractivity contribution < 1.29 is 28.2 Å². The molecular formula is C12H8F3NO4. The predicted molar refractivity (Wildman–Crippen MR) is 62.1 cm³/mol. The number of fused-ring (bicyclic) bond motifs is 1. The Labute approximate surface area is 109 Å². The number of carboxylic acids is 1. The Hall–Kier alpha value is -2.35. The van der Waals surface area contributed by atoms with E-state index in [1.807, 2.05) is 0 Å². The number of carboxylic acid groups (broad SMARTS) is 1. The van der Waals surface area contributed by atoms with Crippen molar-refractivity contribution in [3.8, 4) is 0 Å². The molecule has 5 nitrogen and oxygen atoms in total. The topological polar surface area (TPSA) is 79.5 Å². The summed E-state index contributed by atoms with van der Waals surface area (Å²) >= 11 is 0. The van der Waals surface area contributed by atoms with Crippen molar-refractivity contribution >= 4 is 16.9 Å². The highest BCUT2D eigenvalue weighted by atomic mass is 19.2. The van der Waals surface area contributed by atoms with Crippen LogP contribution in [0.2, 0.25) is 0 Å². The quantitative estimate of drug-likeness (QED) is 0.829. The molecule has 0 saturated carbocycles. The number of pyridine rings is 1. The van der Waals surface area contributed by atoms with Gasteiger partial charge in [0.05, 0.1) is 17.5 Å². The van der Waals surface area contributed by atoms with Gasteiger partial charge in [-0.3, -0.25) is 4.79 Å². The molecular weight excluding hydrogens is 279 g/mol. The minimum atomic E-state index is -1.77. The van der Waals surface area contributed by atoms with E-state index in [9.17, 15) is 22.8 Å². The first-order valence-corrected chi connectivity index (χ1v) is 5.43. The third-order valence-electron chi connectivity index (χ3n) is 2.77. The molecule has 106 valence electrons. The number of aromatic nitrogens is 1. The van der Waals surface area contributed by atoms with E-state index in [0.717, 1.165) is 10.8 Å². The van der Waals surface area contributed by atoms with Gasteiger partial charge in [-0.2, -0.15) is 0 Å². The van der Waals surface area contributed by atoms with Gasteiger partial charge in [0, 0.05) is 12.7 Å². The van der Waals surface area contributed by atoms with Gasteiger partial charge in [-0.15, -0.1) is 0 Å². The van der Waals surface area contributed by atoms with Gasteiger partial charge < -0.3 is 14.8 Å². The lowest BCUT2D eigenvalue weighted by molar-refractivity contribution is 0.0694. The highest BCUT2D eigenvalue weighted by Crippen LogP contribution is 2.21. The zero-order valence-electron chi connectivity index (χ0n) is 9.86. The lowest BCUT2D eigenvalue weighted by Crippen LogP contribution is -2.21. The summed E-state index contributed by atoms with van der Waals surface area (Å²) in [6.45, 7) is -0.783. The molecule has 2 aromatic rings. The van der Waals surface area contributed by atoms with E-state index in [2.05, 4.69) is 0 Å². The number of benzene rings is 1. The Bertz CT molecular complexity index is 770.